The number of nitrogens with zero attached hydrogens (tertiary/aromatic N) is 1. The van der Waals surface area contributed by atoms with Gasteiger partial charge in [-0.1, -0.05) is 34.6 Å². The van der Waals surface area contributed by atoms with Gasteiger partial charge in [0.15, 0.2) is 0 Å². The Morgan fingerprint density at radius 3 is 2.47 bits per heavy atom. The van der Waals surface area contributed by atoms with E-state index < -0.39 is 0 Å². The molecule has 0 saturated carbocycles. The van der Waals surface area contributed by atoms with Gasteiger partial charge in [0.1, 0.15) is 0 Å². The van der Waals surface area contributed by atoms with Crippen LogP contribution in [0.3, 0.4) is 0 Å². The fourth-order valence-corrected chi connectivity index (χ4v) is 3.30. The Balaban J connectivity index is 2.59. The van der Waals surface area contributed by atoms with Crippen LogP contribution in [-0.2, 0) is 13.1 Å². The minimum absolute atomic E-state index is 0.362. The molecule has 19 heavy (non-hydrogen) atoms. The first kappa shape index (κ1) is 16.7. The van der Waals surface area contributed by atoms with E-state index in [1.165, 1.54) is 15.3 Å². The van der Waals surface area contributed by atoms with Crippen molar-refractivity contribution in [2.75, 3.05) is 13.6 Å². The molecular formula is C16H30N2S. The van der Waals surface area contributed by atoms with E-state index in [0.29, 0.717) is 11.5 Å². The van der Waals surface area contributed by atoms with Crippen molar-refractivity contribution in [1.29, 1.82) is 0 Å². The summed E-state index contributed by atoms with van der Waals surface area (Å²) in [4.78, 5) is 5.33. The highest BCUT2D eigenvalue weighted by atomic mass is 32.1. The highest BCUT2D eigenvalue weighted by Gasteiger charge is 2.15. The van der Waals surface area contributed by atoms with Gasteiger partial charge in [0.05, 0.1) is 0 Å². The summed E-state index contributed by atoms with van der Waals surface area (Å²) in [6.07, 6.45) is 0. The van der Waals surface area contributed by atoms with Gasteiger partial charge < -0.3 is 10.2 Å². The number of aryl methyl sites for hydroxylation is 1. The van der Waals surface area contributed by atoms with E-state index in [-0.39, 0.29) is 0 Å². The quantitative estimate of drug-likeness (QED) is 0.847. The van der Waals surface area contributed by atoms with Gasteiger partial charge in [0.25, 0.3) is 0 Å². The van der Waals surface area contributed by atoms with E-state index in [1.807, 2.05) is 11.3 Å². The molecule has 0 aliphatic carbocycles. The van der Waals surface area contributed by atoms with Crippen molar-refractivity contribution in [2.24, 2.45) is 5.41 Å². The van der Waals surface area contributed by atoms with Crippen molar-refractivity contribution in [3.8, 4) is 0 Å². The Hall–Kier alpha value is -0.380. The molecule has 0 atom stereocenters. The van der Waals surface area contributed by atoms with E-state index in [2.05, 4.69) is 64.9 Å². The van der Waals surface area contributed by atoms with E-state index in [4.69, 9.17) is 0 Å². The van der Waals surface area contributed by atoms with Gasteiger partial charge >= 0.3 is 0 Å². The zero-order valence-corrected chi connectivity index (χ0v) is 14.4. The fraction of sp³-hybridized carbons (Fsp3) is 0.750. The summed E-state index contributed by atoms with van der Waals surface area (Å²) in [6, 6.07) is 2.92. The van der Waals surface area contributed by atoms with Gasteiger partial charge in [-0.3, -0.25) is 0 Å². The Kier molecular flexibility index (Phi) is 6.03. The third-order valence-electron chi connectivity index (χ3n) is 2.94. The van der Waals surface area contributed by atoms with E-state index in [9.17, 15) is 0 Å². The first-order chi connectivity index (χ1) is 8.67. The zero-order valence-electron chi connectivity index (χ0n) is 13.6. The summed E-state index contributed by atoms with van der Waals surface area (Å²) in [5.41, 5.74) is 1.85. The molecule has 0 bridgehead atoms. The molecule has 0 amide bonds. The van der Waals surface area contributed by atoms with Gasteiger partial charge in [0.2, 0.25) is 0 Å². The molecule has 0 aromatic carbocycles. The van der Waals surface area contributed by atoms with Crippen LogP contribution >= 0.6 is 11.3 Å². The maximum atomic E-state index is 3.49. The lowest BCUT2D eigenvalue weighted by Gasteiger charge is -2.26. The molecular weight excluding hydrogens is 252 g/mol. The summed E-state index contributed by atoms with van der Waals surface area (Å²) < 4.78 is 0. The molecule has 1 aromatic heterocycles. The maximum absolute atomic E-state index is 3.49. The lowest BCUT2D eigenvalue weighted by molar-refractivity contribution is 0.220. The number of nitrogens with one attached hydrogen (secondary N) is 1. The fourth-order valence-electron chi connectivity index (χ4n) is 2.29. The average molecular weight is 282 g/mol. The highest BCUT2D eigenvalue weighted by Crippen LogP contribution is 2.24. The van der Waals surface area contributed by atoms with Crippen LogP contribution < -0.4 is 5.32 Å². The second-order valence-corrected chi connectivity index (χ2v) is 8.40. The Labute approximate surface area is 123 Å². The summed E-state index contributed by atoms with van der Waals surface area (Å²) in [5, 5.41) is 3.49. The molecule has 2 nitrogen and oxygen atoms in total. The second kappa shape index (κ2) is 6.87. The largest absolute Gasteiger partial charge is 0.310 e. The lowest BCUT2D eigenvalue weighted by atomic mass is 9.96. The van der Waals surface area contributed by atoms with E-state index >= 15 is 0 Å². The summed E-state index contributed by atoms with van der Waals surface area (Å²) in [5.74, 6) is 0. The molecule has 1 N–H and O–H groups in total. The van der Waals surface area contributed by atoms with Crippen LogP contribution in [0.25, 0.3) is 0 Å². The monoisotopic (exact) mass is 282 g/mol. The minimum Gasteiger partial charge on any atom is -0.310 e. The molecule has 3 heteroatoms. The average Bonchev–Trinajstić information content (AvgIpc) is 2.54. The van der Waals surface area contributed by atoms with Crippen molar-refractivity contribution >= 4 is 11.3 Å². The SMILES string of the molecule is Cc1sc(CNC(C)C)cc1CN(C)CC(C)(C)C. The Morgan fingerprint density at radius 1 is 1.32 bits per heavy atom. The van der Waals surface area contributed by atoms with Crippen molar-refractivity contribution in [1.82, 2.24) is 10.2 Å². The van der Waals surface area contributed by atoms with Gasteiger partial charge in [-0.05, 0) is 31.0 Å². The normalized spacial score (nSPS) is 12.7. The van der Waals surface area contributed by atoms with Gasteiger partial charge in [-0.2, -0.15) is 0 Å². The van der Waals surface area contributed by atoms with Crippen LogP contribution in [0.4, 0.5) is 0 Å². The van der Waals surface area contributed by atoms with Crippen LogP contribution in [0.5, 0.6) is 0 Å². The van der Waals surface area contributed by atoms with Crippen molar-refractivity contribution in [2.45, 2.75) is 60.7 Å². The molecule has 1 aromatic rings. The molecule has 0 unspecified atom stereocenters. The third-order valence-corrected chi connectivity index (χ3v) is 4.03. The Bertz CT molecular complexity index is 388. The van der Waals surface area contributed by atoms with Crippen molar-refractivity contribution in [3.05, 3.63) is 21.4 Å². The van der Waals surface area contributed by atoms with E-state index in [0.717, 1.165) is 19.6 Å². The summed E-state index contributed by atoms with van der Waals surface area (Å²) in [6.45, 7) is 16.7. The van der Waals surface area contributed by atoms with Gasteiger partial charge in [-0.15, -0.1) is 11.3 Å². The topological polar surface area (TPSA) is 15.3 Å². The second-order valence-electron chi connectivity index (χ2n) is 7.06. The molecule has 0 fully saturated rings. The predicted octanol–water partition coefficient (Wildman–Crippen LogP) is 4.03. The first-order valence-corrected chi connectivity index (χ1v) is 7.99. The Morgan fingerprint density at radius 2 is 1.95 bits per heavy atom. The maximum Gasteiger partial charge on any atom is 0.0302 e. The van der Waals surface area contributed by atoms with Crippen LogP contribution in [0.1, 0.15) is 49.9 Å². The first-order valence-electron chi connectivity index (χ1n) is 7.17. The summed E-state index contributed by atoms with van der Waals surface area (Å²) >= 11 is 1.93. The summed E-state index contributed by atoms with van der Waals surface area (Å²) in [7, 11) is 2.22. The van der Waals surface area contributed by atoms with Crippen LogP contribution in [-0.4, -0.2) is 24.5 Å². The number of thiophene rings is 1. The number of hydrogen-bond donors (Lipinski definition) is 1. The zero-order chi connectivity index (χ0) is 14.6. The van der Waals surface area contributed by atoms with Crippen LogP contribution in [0.2, 0.25) is 0 Å². The van der Waals surface area contributed by atoms with Crippen molar-refractivity contribution < 1.29 is 0 Å². The predicted molar refractivity (Wildman–Crippen MR) is 86.8 cm³/mol. The third kappa shape index (κ3) is 6.55. The molecule has 0 aliphatic heterocycles. The molecule has 1 heterocycles. The molecule has 0 radical (unpaired) electrons. The smallest absolute Gasteiger partial charge is 0.0302 e. The standard InChI is InChI=1S/C16H30N2S/c1-12(2)17-9-15-8-14(13(3)19-15)10-18(7)11-16(4,5)6/h8,12,17H,9-11H2,1-7H3. The van der Waals surface area contributed by atoms with E-state index in [1.54, 1.807) is 0 Å². The van der Waals surface area contributed by atoms with Crippen LogP contribution in [0.15, 0.2) is 6.07 Å². The molecule has 1 rings (SSSR count). The molecule has 110 valence electrons. The van der Waals surface area contributed by atoms with Crippen LogP contribution in [0, 0.1) is 12.3 Å². The van der Waals surface area contributed by atoms with Crippen molar-refractivity contribution in [3.63, 3.8) is 0 Å². The van der Waals surface area contributed by atoms with Gasteiger partial charge in [0, 0.05) is 35.4 Å². The lowest BCUT2D eigenvalue weighted by Crippen LogP contribution is -2.28. The molecule has 0 spiro atoms. The molecule has 0 saturated heterocycles. The van der Waals surface area contributed by atoms with Gasteiger partial charge in [-0.25, -0.2) is 0 Å². The highest BCUT2D eigenvalue weighted by molar-refractivity contribution is 7.12. The molecule has 0 aliphatic rings. The minimum atomic E-state index is 0.362. The number of hydrogen-bond acceptors (Lipinski definition) is 3. The number of rotatable bonds is 6.